The van der Waals surface area contributed by atoms with E-state index in [1.807, 2.05) is 24.3 Å². The van der Waals surface area contributed by atoms with Gasteiger partial charge < -0.3 is 10.6 Å². The van der Waals surface area contributed by atoms with Gasteiger partial charge in [-0.1, -0.05) is 6.07 Å². The summed E-state index contributed by atoms with van der Waals surface area (Å²) in [6.45, 7) is 1.68. The number of hydrogen-bond acceptors (Lipinski definition) is 4. The highest BCUT2D eigenvalue weighted by molar-refractivity contribution is 5.58. The number of anilines is 2. The predicted octanol–water partition coefficient (Wildman–Crippen LogP) is 2.10. The number of nitriles is 1. The van der Waals surface area contributed by atoms with Crippen molar-refractivity contribution in [2.75, 3.05) is 17.2 Å². The van der Waals surface area contributed by atoms with E-state index in [1.165, 1.54) is 11.1 Å². The highest BCUT2D eigenvalue weighted by Gasteiger charge is 2.19. The summed E-state index contributed by atoms with van der Waals surface area (Å²) in [6.07, 6.45) is 2.62. The molecular weight excluding hydrogens is 236 g/mol. The molecule has 0 saturated heterocycles. The fourth-order valence-electron chi connectivity index (χ4n) is 2.52. The first-order valence-electron chi connectivity index (χ1n) is 6.25. The maximum absolute atomic E-state index is 9.13. The zero-order chi connectivity index (χ0) is 13.2. The van der Waals surface area contributed by atoms with E-state index in [2.05, 4.69) is 22.0 Å². The van der Waals surface area contributed by atoms with Crippen LogP contribution in [-0.4, -0.2) is 11.5 Å². The van der Waals surface area contributed by atoms with E-state index >= 15 is 0 Å². The third-order valence-corrected chi connectivity index (χ3v) is 3.48. The molecule has 19 heavy (non-hydrogen) atoms. The molecule has 0 aliphatic carbocycles. The SMILES string of the molecule is N#Cc1ncccc1N1CCc2ccc(N)cc2C1. The molecule has 0 amide bonds. The maximum Gasteiger partial charge on any atom is 0.163 e. The summed E-state index contributed by atoms with van der Waals surface area (Å²) in [5.74, 6) is 0. The van der Waals surface area contributed by atoms with E-state index in [1.54, 1.807) is 6.20 Å². The second-order valence-electron chi connectivity index (χ2n) is 4.68. The molecular formula is C15H14N4. The van der Waals surface area contributed by atoms with Crippen molar-refractivity contribution in [3.8, 4) is 6.07 Å². The molecule has 94 valence electrons. The van der Waals surface area contributed by atoms with Crippen LogP contribution in [0.25, 0.3) is 0 Å². The lowest BCUT2D eigenvalue weighted by Gasteiger charge is -2.31. The van der Waals surface area contributed by atoms with E-state index in [0.29, 0.717) is 5.69 Å². The number of aromatic nitrogens is 1. The van der Waals surface area contributed by atoms with Crippen molar-refractivity contribution < 1.29 is 0 Å². The summed E-state index contributed by atoms with van der Waals surface area (Å²) in [7, 11) is 0. The van der Waals surface area contributed by atoms with Gasteiger partial charge in [-0.15, -0.1) is 0 Å². The summed E-state index contributed by atoms with van der Waals surface area (Å²) in [5, 5.41) is 9.13. The molecule has 4 heteroatoms. The molecule has 0 spiro atoms. The van der Waals surface area contributed by atoms with Crippen LogP contribution in [0.15, 0.2) is 36.5 Å². The Morgan fingerprint density at radius 1 is 1.26 bits per heavy atom. The lowest BCUT2D eigenvalue weighted by atomic mass is 9.98. The van der Waals surface area contributed by atoms with E-state index in [0.717, 1.165) is 30.9 Å². The minimum Gasteiger partial charge on any atom is -0.399 e. The average Bonchev–Trinajstić information content (AvgIpc) is 2.46. The van der Waals surface area contributed by atoms with Gasteiger partial charge in [-0.05, 0) is 41.8 Å². The smallest absolute Gasteiger partial charge is 0.163 e. The van der Waals surface area contributed by atoms with E-state index in [9.17, 15) is 0 Å². The summed E-state index contributed by atoms with van der Waals surface area (Å²) in [4.78, 5) is 6.31. The molecule has 1 aliphatic heterocycles. The van der Waals surface area contributed by atoms with Gasteiger partial charge in [-0.25, -0.2) is 4.98 Å². The van der Waals surface area contributed by atoms with Crippen LogP contribution in [0, 0.1) is 11.3 Å². The van der Waals surface area contributed by atoms with Crippen molar-refractivity contribution in [3.63, 3.8) is 0 Å². The average molecular weight is 250 g/mol. The Bertz CT molecular complexity index is 657. The molecule has 3 rings (SSSR count). The first-order chi connectivity index (χ1) is 9.28. The lowest BCUT2D eigenvalue weighted by molar-refractivity contribution is 0.729. The highest BCUT2D eigenvalue weighted by atomic mass is 15.1. The highest BCUT2D eigenvalue weighted by Crippen LogP contribution is 2.27. The van der Waals surface area contributed by atoms with Crippen molar-refractivity contribution in [1.29, 1.82) is 5.26 Å². The largest absolute Gasteiger partial charge is 0.399 e. The molecule has 0 bridgehead atoms. The van der Waals surface area contributed by atoms with E-state index in [-0.39, 0.29) is 0 Å². The van der Waals surface area contributed by atoms with Crippen molar-refractivity contribution in [2.24, 2.45) is 0 Å². The van der Waals surface area contributed by atoms with Gasteiger partial charge in [0.25, 0.3) is 0 Å². The lowest BCUT2D eigenvalue weighted by Crippen LogP contribution is -2.31. The summed E-state index contributed by atoms with van der Waals surface area (Å²) < 4.78 is 0. The Morgan fingerprint density at radius 2 is 2.16 bits per heavy atom. The van der Waals surface area contributed by atoms with Gasteiger partial charge in [0.2, 0.25) is 0 Å². The first kappa shape index (κ1) is 11.5. The summed E-state index contributed by atoms with van der Waals surface area (Å²) in [6, 6.07) is 12.0. The van der Waals surface area contributed by atoms with Gasteiger partial charge in [0.1, 0.15) is 6.07 Å². The van der Waals surface area contributed by atoms with Gasteiger partial charge in [0.05, 0.1) is 5.69 Å². The fraction of sp³-hybridized carbons (Fsp3) is 0.200. The standard InChI is InChI=1S/C15H14N4/c16-9-14-15(2-1-6-18-14)19-7-5-11-3-4-13(17)8-12(11)10-19/h1-4,6,8H,5,7,10,17H2. The molecule has 2 aromatic rings. The zero-order valence-electron chi connectivity index (χ0n) is 10.5. The Balaban J connectivity index is 1.96. The molecule has 0 fully saturated rings. The van der Waals surface area contributed by atoms with Gasteiger partial charge in [-0.2, -0.15) is 5.26 Å². The molecule has 1 aliphatic rings. The molecule has 2 N–H and O–H groups in total. The number of fused-ring (bicyclic) bond motifs is 1. The van der Waals surface area contributed by atoms with Crippen LogP contribution < -0.4 is 10.6 Å². The number of rotatable bonds is 1. The maximum atomic E-state index is 9.13. The van der Waals surface area contributed by atoms with Crippen molar-refractivity contribution in [3.05, 3.63) is 53.3 Å². The van der Waals surface area contributed by atoms with Gasteiger partial charge in [0, 0.05) is 25.0 Å². The normalized spacial score (nSPS) is 13.7. The molecule has 0 atom stereocenters. The number of benzene rings is 1. The summed E-state index contributed by atoms with van der Waals surface area (Å²) >= 11 is 0. The van der Waals surface area contributed by atoms with Crippen LogP contribution in [-0.2, 0) is 13.0 Å². The molecule has 2 heterocycles. The number of hydrogen-bond donors (Lipinski definition) is 1. The Morgan fingerprint density at radius 3 is 3.00 bits per heavy atom. The van der Waals surface area contributed by atoms with Crippen LogP contribution in [0.3, 0.4) is 0 Å². The van der Waals surface area contributed by atoms with Crippen molar-refractivity contribution >= 4 is 11.4 Å². The van der Waals surface area contributed by atoms with Gasteiger partial charge in [0.15, 0.2) is 5.69 Å². The number of nitrogens with two attached hydrogens (primary N) is 1. The second kappa shape index (κ2) is 4.62. The van der Waals surface area contributed by atoms with Crippen LogP contribution in [0.4, 0.5) is 11.4 Å². The summed E-state index contributed by atoms with van der Waals surface area (Å²) in [5.41, 5.74) is 10.6. The van der Waals surface area contributed by atoms with Crippen LogP contribution in [0.5, 0.6) is 0 Å². The molecule has 4 nitrogen and oxygen atoms in total. The number of pyridine rings is 1. The Kier molecular flexibility index (Phi) is 2.81. The molecule has 0 radical (unpaired) electrons. The fourth-order valence-corrected chi connectivity index (χ4v) is 2.52. The van der Waals surface area contributed by atoms with Gasteiger partial charge >= 0.3 is 0 Å². The quantitative estimate of drug-likeness (QED) is 0.787. The molecule has 0 saturated carbocycles. The third-order valence-electron chi connectivity index (χ3n) is 3.48. The van der Waals surface area contributed by atoms with Crippen molar-refractivity contribution in [1.82, 2.24) is 4.98 Å². The monoisotopic (exact) mass is 250 g/mol. The van der Waals surface area contributed by atoms with Crippen molar-refractivity contribution in [2.45, 2.75) is 13.0 Å². The Labute approximate surface area is 112 Å². The predicted molar refractivity (Wildman–Crippen MR) is 74.6 cm³/mol. The second-order valence-corrected chi connectivity index (χ2v) is 4.68. The van der Waals surface area contributed by atoms with Crippen LogP contribution >= 0.6 is 0 Å². The molecule has 0 unspecified atom stereocenters. The minimum atomic E-state index is 0.481. The van der Waals surface area contributed by atoms with E-state index in [4.69, 9.17) is 11.0 Å². The van der Waals surface area contributed by atoms with Gasteiger partial charge in [-0.3, -0.25) is 0 Å². The van der Waals surface area contributed by atoms with E-state index < -0.39 is 0 Å². The van der Waals surface area contributed by atoms with Crippen LogP contribution in [0.2, 0.25) is 0 Å². The topological polar surface area (TPSA) is 65.9 Å². The zero-order valence-corrected chi connectivity index (χ0v) is 10.5. The molecule has 1 aromatic carbocycles. The third kappa shape index (κ3) is 2.11. The first-order valence-corrected chi connectivity index (χ1v) is 6.25. The molecule has 1 aromatic heterocycles. The number of nitrogen functional groups attached to an aromatic ring is 1. The Hall–Kier alpha value is -2.54. The van der Waals surface area contributed by atoms with Crippen LogP contribution in [0.1, 0.15) is 16.8 Å². The number of nitrogens with zero attached hydrogens (tertiary/aromatic N) is 3. The minimum absolute atomic E-state index is 0.481.